The van der Waals surface area contributed by atoms with Gasteiger partial charge in [-0.3, -0.25) is 0 Å². The van der Waals surface area contributed by atoms with Crippen molar-refractivity contribution >= 4 is 0 Å². The van der Waals surface area contributed by atoms with Gasteiger partial charge in [0.25, 0.3) is 0 Å². The zero-order valence-corrected chi connectivity index (χ0v) is 29.9. The average molecular weight is 608 g/mol. The van der Waals surface area contributed by atoms with Crippen molar-refractivity contribution in [2.24, 2.45) is 21.7 Å². The minimum absolute atomic E-state index is 0. The summed E-state index contributed by atoms with van der Waals surface area (Å²) in [6.45, 7) is 26.8. The Labute approximate surface area is 253 Å². The van der Waals surface area contributed by atoms with E-state index in [1.54, 1.807) is 0 Å². The van der Waals surface area contributed by atoms with Gasteiger partial charge in [-0.25, -0.2) is 0 Å². The Morgan fingerprint density at radius 3 is 0.514 bits per heavy atom. The first-order valence-corrected chi connectivity index (χ1v) is 14.6. The van der Waals surface area contributed by atoms with E-state index >= 15 is 0 Å². The first-order chi connectivity index (χ1) is 16.2. The fraction of sp³-hybridized carbons (Fsp3) is 1.00. The largest absolute Gasteiger partial charge is 4.00 e. The van der Waals surface area contributed by atoms with E-state index in [0.29, 0.717) is 21.7 Å². The molecule has 4 nitrogen and oxygen atoms in total. The maximum atomic E-state index is 10.0. The molecule has 0 heterocycles. The number of hydrogen-bond acceptors (Lipinski definition) is 4. The Morgan fingerprint density at radius 1 is 0.297 bits per heavy atom. The molecule has 0 aromatic rings. The van der Waals surface area contributed by atoms with Crippen LogP contribution in [0.3, 0.4) is 0 Å². The quantitative estimate of drug-likeness (QED) is 0.245. The Balaban J connectivity index is -0.000000122. The molecular formula is C32H68O4Zr. The molecule has 0 amide bonds. The summed E-state index contributed by atoms with van der Waals surface area (Å²) in [5, 5.41) is 40.1. The summed E-state index contributed by atoms with van der Waals surface area (Å²) in [6.07, 6.45) is 12.4. The topological polar surface area (TPSA) is 92.2 Å². The second kappa shape index (κ2) is 28.3. The van der Waals surface area contributed by atoms with Gasteiger partial charge in [0, 0.05) is 0 Å². The smallest absolute Gasteiger partial charge is 0.854 e. The van der Waals surface area contributed by atoms with Gasteiger partial charge in [0.05, 0.1) is 0 Å². The van der Waals surface area contributed by atoms with Crippen LogP contribution in [0.5, 0.6) is 0 Å². The van der Waals surface area contributed by atoms with E-state index in [0.717, 1.165) is 51.4 Å². The van der Waals surface area contributed by atoms with Crippen LogP contribution in [0, 0.1) is 21.7 Å². The molecule has 224 valence electrons. The average Bonchev–Trinajstić information content (AvgIpc) is 2.67. The molecule has 0 aromatic heterocycles. The van der Waals surface area contributed by atoms with Gasteiger partial charge < -0.3 is 20.4 Å². The zero-order chi connectivity index (χ0) is 29.3. The van der Waals surface area contributed by atoms with Gasteiger partial charge in [0.1, 0.15) is 0 Å². The van der Waals surface area contributed by atoms with E-state index < -0.39 is 0 Å². The maximum Gasteiger partial charge on any atom is 4.00 e. The van der Waals surface area contributed by atoms with Gasteiger partial charge in [0.2, 0.25) is 0 Å². The molecular weight excluding hydrogens is 540 g/mol. The zero-order valence-electron chi connectivity index (χ0n) is 27.4. The van der Waals surface area contributed by atoms with Crippen molar-refractivity contribution in [3.8, 4) is 0 Å². The van der Waals surface area contributed by atoms with Crippen molar-refractivity contribution in [2.45, 2.75) is 160 Å². The summed E-state index contributed by atoms with van der Waals surface area (Å²) < 4.78 is 0. The van der Waals surface area contributed by atoms with Gasteiger partial charge in [-0.05, 0) is 47.3 Å². The molecule has 5 heteroatoms. The molecule has 0 spiro atoms. The predicted molar refractivity (Wildman–Crippen MR) is 153 cm³/mol. The molecule has 0 radical (unpaired) electrons. The van der Waals surface area contributed by atoms with Crippen LogP contribution in [-0.4, -0.2) is 26.4 Å². The van der Waals surface area contributed by atoms with Crippen molar-refractivity contribution < 1.29 is 46.6 Å². The first kappa shape index (κ1) is 47.5. The Kier molecular flexibility index (Phi) is 36.3. The van der Waals surface area contributed by atoms with Crippen molar-refractivity contribution in [1.82, 2.24) is 0 Å². The monoisotopic (exact) mass is 606 g/mol. The molecule has 0 aliphatic rings. The van der Waals surface area contributed by atoms with Crippen LogP contribution in [0.15, 0.2) is 0 Å². The molecule has 0 fully saturated rings. The van der Waals surface area contributed by atoms with Crippen molar-refractivity contribution in [3.05, 3.63) is 0 Å². The number of hydrogen-bond donors (Lipinski definition) is 0. The molecule has 0 N–H and O–H groups in total. The van der Waals surface area contributed by atoms with Crippen LogP contribution in [0.25, 0.3) is 0 Å². The summed E-state index contributed by atoms with van der Waals surface area (Å²) in [7, 11) is 0. The van der Waals surface area contributed by atoms with Crippen LogP contribution < -0.4 is 20.4 Å². The minimum Gasteiger partial charge on any atom is -0.854 e. The molecule has 0 saturated heterocycles. The van der Waals surface area contributed by atoms with E-state index in [9.17, 15) is 20.4 Å². The summed E-state index contributed by atoms with van der Waals surface area (Å²) in [5.74, 6) is 0. The van der Waals surface area contributed by atoms with Crippen molar-refractivity contribution in [3.63, 3.8) is 0 Å². The SMILES string of the molecule is CC(C)(C)CCCC[O-].CC(C)(C)CCCC[O-].CC(C)(C)CCCC[O-].CC(C)(C)CCCC[O-].[Zr+4]. The van der Waals surface area contributed by atoms with Crippen LogP contribution in [0.2, 0.25) is 0 Å². The van der Waals surface area contributed by atoms with Gasteiger partial charge in [-0.1, -0.05) is 134 Å². The third-order valence-corrected chi connectivity index (χ3v) is 5.28. The Morgan fingerprint density at radius 2 is 0.432 bits per heavy atom. The Hall–Kier alpha value is 0.723. The Bertz CT molecular complexity index is 332. The second-order valence-electron chi connectivity index (χ2n) is 14.9. The fourth-order valence-electron chi connectivity index (χ4n) is 3.03. The van der Waals surface area contributed by atoms with Gasteiger partial charge in [0.15, 0.2) is 0 Å². The number of unbranched alkanes of at least 4 members (excludes halogenated alkanes) is 4. The normalized spacial score (nSPS) is 11.7. The molecule has 0 aromatic carbocycles. The molecule has 0 bridgehead atoms. The van der Waals surface area contributed by atoms with Crippen LogP contribution in [0.1, 0.15) is 160 Å². The van der Waals surface area contributed by atoms with E-state index in [4.69, 9.17) is 0 Å². The first-order valence-electron chi connectivity index (χ1n) is 14.6. The van der Waals surface area contributed by atoms with Gasteiger partial charge in [-0.15, -0.1) is 26.4 Å². The summed E-state index contributed by atoms with van der Waals surface area (Å²) >= 11 is 0. The minimum atomic E-state index is 0. The summed E-state index contributed by atoms with van der Waals surface area (Å²) in [6, 6.07) is 0. The third-order valence-electron chi connectivity index (χ3n) is 5.28. The van der Waals surface area contributed by atoms with Crippen LogP contribution >= 0.6 is 0 Å². The van der Waals surface area contributed by atoms with E-state index in [-0.39, 0.29) is 52.6 Å². The molecule has 0 saturated carbocycles. The molecule has 0 rings (SSSR count). The van der Waals surface area contributed by atoms with Crippen molar-refractivity contribution in [2.75, 3.05) is 26.4 Å². The molecule has 0 unspecified atom stereocenters. The van der Waals surface area contributed by atoms with E-state index in [2.05, 4.69) is 83.1 Å². The number of rotatable bonds is 12. The van der Waals surface area contributed by atoms with E-state index in [1.165, 1.54) is 25.7 Å². The van der Waals surface area contributed by atoms with Gasteiger partial charge >= 0.3 is 26.2 Å². The molecule has 37 heavy (non-hydrogen) atoms. The predicted octanol–water partition coefficient (Wildman–Crippen LogP) is 6.25. The van der Waals surface area contributed by atoms with Crippen LogP contribution in [0.4, 0.5) is 0 Å². The van der Waals surface area contributed by atoms with Crippen LogP contribution in [-0.2, 0) is 26.2 Å². The molecule has 0 aliphatic carbocycles. The maximum absolute atomic E-state index is 10.0. The van der Waals surface area contributed by atoms with E-state index in [1.807, 2.05) is 0 Å². The summed E-state index contributed by atoms with van der Waals surface area (Å²) in [5.41, 5.74) is 1.65. The molecule has 0 atom stereocenters. The molecule has 0 aliphatic heterocycles. The second-order valence-corrected chi connectivity index (χ2v) is 14.9. The third kappa shape index (κ3) is 72.4. The van der Waals surface area contributed by atoms with Gasteiger partial charge in [-0.2, -0.15) is 0 Å². The fourth-order valence-corrected chi connectivity index (χ4v) is 3.03. The summed E-state index contributed by atoms with van der Waals surface area (Å²) in [4.78, 5) is 0. The van der Waals surface area contributed by atoms with Crippen molar-refractivity contribution in [1.29, 1.82) is 0 Å². The standard InChI is InChI=1S/4C8H17O.Zr/c4*1-8(2,3)6-4-5-7-9;/h4*4-7H2,1-3H3;/q4*-1;+4.